The molecule has 0 aliphatic carbocycles. The Kier molecular flexibility index (Phi) is 1.74. The van der Waals surface area contributed by atoms with E-state index in [-0.39, 0.29) is 0 Å². The van der Waals surface area contributed by atoms with Gasteiger partial charge in [-0.3, -0.25) is 0 Å². The first-order valence-corrected chi connectivity index (χ1v) is 2.98. The molecule has 0 fully saturated rings. The standard InChI is InChI=1S/C7H8F2N/c1-2-7(9)5-6(8)3-4-10-7/h2-5,10H,1H3. The van der Waals surface area contributed by atoms with Crippen LogP contribution in [0.1, 0.15) is 6.92 Å². The fraction of sp³-hybridized carbons (Fsp3) is 0.286. The molecule has 1 nitrogen and oxygen atoms in total. The van der Waals surface area contributed by atoms with Gasteiger partial charge in [0.25, 0.3) is 0 Å². The normalized spacial score (nSPS) is 31.3. The number of nitrogens with one attached hydrogen (secondary N) is 1. The van der Waals surface area contributed by atoms with Gasteiger partial charge in [-0.05, 0) is 6.08 Å². The van der Waals surface area contributed by atoms with Crippen molar-refractivity contribution in [1.29, 1.82) is 0 Å². The Balaban J connectivity index is 2.76. The highest BCUT2D eigenvalue weighted by atomic mass is 19.2. The highest BCUT2D eigenvalue weighted by molar-refractivity contribution is 5.24. The monoisotopic (exact) mass is 144 g/mol. The van der Waals surface area contributed by atoms with E-state index in [9.17, 15) is 8.78 Å². The molecule has 10 heavy (non-hydrogen) atoms. The largest absolute Gasteiger partial charge is 0.356 e. The predicted octanol–water partition coefficient (Wildman–Crippen LogP) is 1.85. The molecule has 55 valence electrons. The first-order valence-electron chi connectivity index (χ1n) is 2.98. The minimum absolute atomic E-state index is 0.556. The molecule has 0 saturated carbocycles. The lowest BCUT2D eigenvalue weighted by Crippen LogP contribution is -2.36. The first-order chi connectivity index (χ1) is 4.66. The average Bonchev–Trinajstić information content (AvgIpc) is 1.88. The summed E-state index contributed by atoms with van der Waals surface area (Å²) in [5.41, 5.74) is 0. The van der Waals surface area contributed by atoms with Crippen molar-refractivity contribution in [3.8, 4) is 0 Å². The highest BCUT2D eigenvalue weighted by Crippen LogP contribution is 2.19. The Hall–Kier alpha value is -0.860. The summed E-state index contributed by atoms with van der Waals surface area (Å²) in [5.74, 6) is -2.36. The van der Waals surface area contributed by atoms with Gasteiger partial charge >= 0.3 is 0 Å². The maximum atomic E-state index is 13.0. The van der Waals surface area contributed by atoms with Gasteiger partial charge in [0.05, 0.1) is 0 Å². The molecule has 3 heteroatoms. The molecule has 0 bridgehead atoms. The van der Waals surface area contributed by atoms with Crippen LogP contribution in [-0.4, -0.2) is 5.79 Å². The molecule has 1 radical (unpaired) electrons. The van der Waals surface area contributed by atoms with Crippen molar-refractivity contribution < 1.29 is 8.78 Å². The van der Waals surface area contributed by atoms with Crippen LogP contribution in [0.25, 0.3) is 0 Å². The van der Waals surface area contributed by atoms with Crippen LogP contribution in [0.3, 0.4) is 0 Å². The third-order valence-corrected chi connectivity index (χ3v) is 1.32. The Morgan fingerprint density at radius 1 is 1.70 bits per heavy atom. The maximum absolute atomic E-state index is 13.0. The number of hydrogen-bond donors (Lipinski definition) is 1. The summed E-state index contributed by atoms with van der Waals surface area (Å²) in [6, 6.07) is 0. The van der Waals surface area contributed by atoms with Crippen molar-refractivity contribution in [2.75, 3.05) is 0 Å². The van der Waals surface area contributed by atoms with Gasteiger partial charge in [0.15, 0.2) is 0 Å². The molecule has 1 N–H and O–H groups in total. The lowest BCUT2D eigenvalue weighted by Gasteiger charge is -2.22. The number of alkyl halides is 1. The van der Waals surface area contributed by atoms with E-state index in [1.165, 1.54) is 25.6 Å². The van der Waals surface area contributed by atoms with Gasteiger partial charge in [-0.25, -0.2) is 8.78 Å². The van der Waals surface area contributed by atoms with Crippen molar-refractivity contribution in [1.82, 2.24) is 5.32 Å². The van der Waals surface area contributed by atoms with E-state index in [0.717, 1.165) is 6.08 Å². The van der Waals surface area contributed by atoms with Gasteiger partial charge in [-0.15, -0.1) is 0 Å². The number of halogens is 2. The van der Waals surface area contributed by atoms with Gasteiger partial charge in [0.2, 0.25) is 5.79 Å². The lowest BCUT2D eigenvalue weighted by molar-refractivity contribution is 0.236. The molecule has 0 spiro atoms. The minimum Gasteiger partial charge on any atom is -0.356 e. The molecule has 1 aliphatic heterocycles. The average molecular weight is 144 g/mol. The maximum Gasteiger partial charge on any atom is 0.205 e. The van der Waals surface area contributed by atoms with Crippen molar-refractivity contribution in [3.05, 3.63) is 30.6 Å². The fourth-order valence-corrected chi connectivity index (χ4v) is 0.706. The minimum atomic E-state index is -1.81. The molecular formula is C7H8F2N. The van der Waals surface area contributed by atoms with Crippen molar-refractivity contribution >= 4 is 0 Å². The topological polar surface area (TPSA) is 12.0 Å². The second-order valence-corrected chi connectivity index (χ2v) is 2.06. The van der Waals surface area contributed by atoms with Crippen molar-refractivity contribution in [2.24, 2.45) is 0 Å². The fourth-order valence-electron chi connectivity index (χ4n) is 0.706. The predicted molar refractivity (Wildman–Crippen MR) is 35.3 cm³/mol. The van der Waals surface area contributed by atoms with Gasteiger partial charge in [-0.2, -0.15) is 0 Å². The summed E-state index contributed by atoms with van der Waals surface area (Å²) in [4.78, 5) is 0. The quantitative estimate of drug-likeness (QED) is 0.554. The molecule has 0 saturated heterocycles. The second kappa shape index (κ2) is 2.40. The zero-order valence-electron chi connectivity index (χ0n) is 5.57. The van der Waals surface area contributed by atoms with E-state index < -0.39 is 11.6 Å². The zero-order valence-corrected chi connectivity index (χ0v) is 5.57. The SMILES string of the molecule is C[CH]C1(F)C=C(F)C=CN1. The molecule has 1 aliphatic rings. The van der Waals surface area contributed by atoms with E-state index >= 15 is 0 Å². The summed E-state index contributed by atoms with van der Waals surface area (Å²) in [6.45, 7) is 1.52. The van der Waals surface area contributed by atoms with Crippen molar-refractivity contribution in [3.63, 3.8) is 0 Å². The summed E-state index contributed by atoms with van der Waals surface area (Å²) in [7, 11) is 0. The van der Waals surface area contributed by atoms with Gasteiger partial charge < -0.3 is 5.32 Å². The van der Waals surface area contributed by atoms with Crippen molar-refractivity contribution in [2.45, 2.75) is 12.7 Å². The Bertz CT molecular complexity index is 186. The smallest absolute Gasteiger partial charge is 0.205 e. The van der Waals surface area contributed by atoms with Gasteiger partial charge in [0, 0.05) is 18.7 Å². The van der Waals surface area contributed by atoms with Crippen LogP contribution in [0.2, 0.25) is 0 Å². The molecule has 0 aromatic rings. The lowest BCUT2D eigenvalue weighted by atomic mass is 10.1. The summed E-state index contributed by atoms with van der Waals surface area (Å²) in [5, 5.41) is 2.36. The van der Waals surface area contributed by atoms with Crippen LogP contribution in [-0.2, 0) is 0 Å². The van der Waals surface area contributed by atoms with Crippen LogP contribution >= 0.6 is 0 Å². The molecule has 1 atom stereocenters. The van der Waals surface area contributed by atoms with Crippen LogP contribution in [0, 0.1) is 6.42 Å². The van der Waals surface area contributed by atoms with E-state index in [1.54, 1.807) is 0 Å². The number of dihydropyridines is 1. The third-order valence-electron chi connectivity index (χ3n) is 1.32. The molecular weight excluding hydrogens is 136 g/mol. The highest BCUT2D eigenvalue weighted by Gasteiger charge is 2.25. The van der Waals surface area contributed by atoms with Crippen LogP contribution in [0.15, 0.2) is 24.2 Å². The third kappa shape index (κ3) is 1.35. The Morgan fingerprint density at radius 3 is 2.80 bits per heavy atom. The van der Waals surface area contributed by atoms with E-state index in [1.807, 2.05) is 0 Å². The summed E-state index contributed by atoms with van der Waals surface area (Å²) < 4.78 is 25.4. The van der Waals surface area contributed by atoms with E-state index in [4.69, 9.17) is 0 Å². The van der Waals surface area contributed by atoms with Gasteiger partial charge in [-0.1, -0.05) is 6.92 Å². The Labute approximate surface area is 58.4 Å². The molecule has 0 aromatic carbocycles. The number of hydrogen-bond acceptors (Lipinski definition) is 1. The molecule has 1 unspecified atom stereocenters. The Morgan fingerprint density at radius 2 is 2.40 bits per heavy atom. The van der Waals surface area contributed by atoms with Gasteiger partial charge in [0.1, 0.15) is 5.83 Å². The number of rotatable bonds is 1. The van der Waals surface area contributed by atoms with Crippen LogP contribution < -0.4 is 5.32 Å². The van der Waals surface area contributed by atoms with E-state index in [0.29, 0.717) is 0 Å². The molecule has 0 amide bonds. The second-order valence-electron chi connectivity index (χ2n) is 2.06. The zero-order chi connectivity index (χ0) is 7.61. The molecule has 1 rings (SSSR count). The van der Waals surface area contributed by atoms with Crippen LogP contribution in [0.5, 0.6) is 0 Å². The summed E-state index contributed by atoms with van der Waals surface area (Å²) >= 11 is 0. The number of allylic oxidation sites excluding steroid dienone is 2. The first kappa shape index (κ1) is 7.25. The molecule has 1 heterocycles. The molecule has 0 aromatic heterocycles. The van der Waals surface area contributed by atoms with E-state index in [2.05, 4.69) is 5.32 Å². The van der Waals surface area contributed by atoms with Crippen LogP contribution in [0.4, 0.5) is 8.78 Å². The summed E-state index contributed by atoms with van der Waals surface area (Å²) in [6.07, 6.45) is 4.54.